The molecule has 0 radical (unpaired) electrons. The highest BCUT2D eigenvalue weighted by Crippen LogP contribution is 2.48. The molecule has 2 atom stereocenters. The summed E-state index contributed by atoms with van der Waals surface area (Å²) in [5.74, 6) is -1.08. The Balaban J connectivity index is 2.33. The van der Waals surface area contributed by atoms with Gasteiger partial charge < -0.3 is 10.3 Å². The molecule has 1 aromatic rings. The van der Waals surface area contributed by atoms with E-state index >= 15 is 0 Å². The number of hydrogen-bond acceptors (Lipinski definition) is 3. The van der Waals surface area contributed by atoms with E-state index in [2.05, 4.69) is 5.16 Å². The van der Waals surface area contributed by atoms with Gasteiger partial charge in [-0.3, -0.25) is 0 Å². The Morgan fingerprint density at radius 3 is 2.55 bits per heavy atom. The van der Waals surface area contributed by atoms with Crippen LogP contribution < -0.4 is 5.73 Å². The largest absolute Gasteiger partial charge is 0.392 e. The average Bonchev–Trinajstić information content (AvgIpc) is 2.69. The standard InChI is InChI=1S/C14H21F3N2O/c1-8(2)7-10-12(20-19-13(10)18)9-5-3-4-6-11(9)14(15,16)17/h8-9,11H,3-7H2,1-2H3,(H2,18,19). The highest BCUT2D eigenvalue weighted by atomic mass is 19.4. The number of alkyl halides is 3. The predicted octanol–water partition coefficient (Wildman–Crippen LogP) is 4.29. The molecule has 1 saturated carbocycles. The third-order valence-corrected chi connectivity index (χ3v) is 3.98. The Morgan fingerprint density at radius 1 is 1.30 bits per heavy atom. The maximum absolute atomic E-state index is 13.2. The van der Waals surface area contributed by atoms with Gasteiger partial charge in [0.2, 0.25) is 0 Å². The van der Waals surface area contributed by atoms with E-state index in [1.807, 2.05) is 13.8 Å². The first-order valence-corrected chi connectivity index (χ1v) is 7.11. The third-order valence-electron chi connectivity index (χ3n) is 3.98. The van der Waals surface area contributed by atoms with Crippen molar-refractivity contribution in [3.63, 3.8) is 0 Å². The van der Waals surface area contributed by atoms with Crippen molar-refractivity contribution in [3.8, 4) is 0 Å². The van der Waals surface area contributed by atoms with Crippen LogP contribution in [0.2, 0.25) is 0 Å². The summed E-state index contributed by atoms with van der Waals surface area (Å²) in [6.45, 7) is 4.00. The summed E-state index contributed by atoms with van der Waals surface area (Å²) >= 11 is 0. The fraction of sp³-hybridized carbons (Fsp3) is 0.786. The quantitative estimate of drug-likeness (QED) is 0.903. The number of rotatable bonds is 3. The van der Waals surface area contributed by atoms with Gasteiger partial charge in [-0.15, -0.1) is 0 Å². The van der Waals surface area contributed by atoms with Crippen molar-refractivity contribution in [1.29, 1.82) is 0 Å². The van der Waals surface area contributed by atoms with Crippen LogP contribution in [0, 0.1) is 11.8 Å². The molecule has 0 saturated heterocycles. The van der Waals surface area contributed by atoms with E-state index < -0.39 is 18.0 Å². The van der Waals surface area contributed by atoms with Gasteiger partial charge in [0.05, 0.1) is 5.92 Å². The highest BCUT2D eigenvalue weighted by molar-refractivity contribution is 5.42. The molecule has 2 unspecified atom stereocenters. The molecule has 2 N–H and O–H groups in total. The fourth-order valence-electron chi connectivity index (χ4n) is 3.08. The van der Waals surface area contributed by atoms with Gasteiger partial charge in [0, 0.05) is 11.5 Å². The molecular weight excluding hydrogens is 269 g/mol. The van der Waals surface area contributed by atoms with Gasteiger partial charge in [0.25, 0.3) is 0 Å². The van der Waals surface area contributed by atoms with Gasteiger partial charge in [0.15, 0.2) is 5.82 Å². The summed E-state index contributed by atoms with van der Waals surface area (Å²) in [6, 6.07) is 0. The number of nitrogens with zero attached hydrogens (tertiary/aromatic N) is 1. The number of halogens is 3. The van der Waals surface area contributed by atoms with Crippen LogP contribution in [-0.2, 0) is 6.42 Å². The van der Waals surface area contributed by atoms with Crippen LogP contribution in [0.1, 0.15) is 56.8 Å². The van der Waals surface area contributed by atoms with Crippen molar-refractivity contribution in [2.75, 3.05) is 5.73 Å². The zero-order chi connectivity index (χ0) is 14.9. The van der Waals surface area contributed by atoms with Crippen molar-refractivity contribution < 1.29 is 17.7 Å². The van der Waals surface area contributed by atoms with Crippen molar-refractivity contribution in [2.24, 2.45) is 11.8 Å². The predicted molar refractivity (Wildman–Crippen MR) is 70.2 cm³/mol. The van der Waals surface area contributed by atoms with Crippen LogP contribution in [0.4, 0.5) is 19.0 Å². The first-order valence-electron chi connectivity index (χ1n) is 7.11. The van der Waals surface area contributed by atoms with Crippen molar-refractivity contribution in [2.45, 2.75) is 58.0 Å². The molecule has 1 aliphatic rings. The van der Waals surface area contributed by atoms with E-state index in [9.17, 15) is 13.2 Å². The number of aromatic nitrogens is 1. The van der Waals surface area contributed by atoms with Crippen molar-refractivity contribution in [3.05, 3.63) is 11.3 Å². The van der Waals surface area contributed by atoms with Gasteiger partial charge >= 0.3 is 6.18 Å². The van der Waals surface area contributed by atoms with Crippen LogP contribution in [0.3, 0.4) is 0 Å². The minimum Gasteiger partial charge on any atom is -0.381 e. The van der Waals surface area contributed by atoms with Crippen LogP contribution in [0.25, 0.3) is 0 Å². The summed E-state index contributed by atoms with van der Waals surface area (Å²) in [5, 5.41) is 3.70. The van der Waals surface area contributed by atoms with E-state index in [-0.39, 0.29) is 12.2 Å². The SMILES string of the molecule is CC(C)Cc1c(N)noc1C1CCCCC1C(F)(F)F. The molecule has 0 spiro atoms. The first kappa shape index (κ1) is 15.2. The molecule has 3 nitrogen and oxygen atoms in total. The zero-order valence-corrected chi connectivity index (χ0v) is 11.8. The Hall–Kier alpha value is -1.20. The Kier molecular flexibility index (Phi) is 4.30. The molecule has 1 aliphatic carbocycles. The number of hydrogen-bond donors (Lipinski definition) is 1. The molecule has 6 heteroatoms. The second-order valence-corrected chi connectivity index (χ2v) is 6.05. The lowest BCUT2D eigenvalue weighted by atomic mass is 9.76. The molecule has 114 valence electrons. The maximum atomic E-state index is 13.2. The lowest BCUT2D eigenvalue weighted by Gasteiger charge is -2.31. The Bertz CT molecular complexity index is 454. The molecule has 0 aromatic carbocycles. The van der Waals surface area contributed by atoms with Gasteiger partial charge in [-0.2, -0.15) is 13.2 Å². The topological polar surface area (TPSA) is 52.0 Å². The van der Waals surface area contributed by atoms with E-state index in [1.165, 1.54) is 0 Å². The van der Waals surface area contributed by atoms with Crippen molar-refractivity contribution >= 4 is 5.82 Å². The summed E-state index contributed by atoms with van der Waals surface area (Å²) in [7, 11) is 0. The average molecular weight is 290 g/mol. The summed E-state index contributed by atoms with van der Waals surface area (Å²) in [4.78, 5) is 0. The molecule has 1 fully saturated rings. The lowest BCUT2D eigenvalue weighted by molar-refractivity contribution is -0.188. The van der Waals surface area contributed by atoms with E-state index in [0.29, 0.717) is 36.5 Å². The molecule has 1 heterocycles. The number of nitrogens with two attached hydrogens (primary N) is 1. The number of anilines is 1. The monoisotopic (exact) mass is 290 g/mol. The normalized spacial score (nSPS) is 24.3. The molecule has 0 bridgehead atoms. The Morgan fingerprint density at radius 2 is 1.95 bits per heavy atom. The van der Waals surface area contributed by atoms with Crippen LogP contribution in [0.15, 0.2) is 4.52 Å². The smallest absolute Gasteiger partial charge is 0.381 e. The molecule has 0 aliphatic heterocycles. The second kappa shape index (κ2) is 5.66. The molecular formula is C14H21F3N2O. The van der Waals surface area contributed by atoms with Crippen LogP contribution >= 0.6 is 0 Å². The lowest BCUT2D eigenvalue weighted by Crippen LogP contribution is -2.32. The molecule has 0 amide bonds. The van der Waals surface area contributed by atoms with Gasteiger partial charge in [-0.05, 0) is 25.2 Å². The summed E-state index contributed by atoms with van der Waals surface area (Å²) in [5.41, 5.74) is 6.43. The van der Waals surface area contributed by atoms with Gasteiger partial charge in [0.1, 0.15) is 5.76 Å². The molecule has 20 heavy (non-hydrogen) atoms. The van der Waals surface area contributed by atoms with Crippen LogP contribution in [0.5, 0.6) is 0 Å². The Labute approximate surface area is 116 Å². The van der Waals surface area contributed by atoms with Crippen molar-refractivity contribution in [1.82, 2.24) is 5.16 Å². The third kappa shape index (κ3) is 3.10. The van der Waals surface area contributed by atoms with Gasteiger partial charge in [-0.25, -0.2) is 0 Å². The minimum atomic E-state index is -4.19. The zero-order valence-electron chi connectivity index (χ0n) is 11.8. The minimum absolute atomic E-state index is 0.163. The highest BCUT2D eigenvalue weighted by Gasteiger charge is 2.48. The summed E-state index contributed by atoms with van der Waals surface area (Å²) < 4.78 is 44.7. The van der Waals surface area contributed by atoms with Crippen LogP contribution in [-0.4, -0.2) is 11.3 Å². The molecule has 2 rings (SSSR count). The second-order valence-electron chi connectivity index (χ2n) is 6.05. The van der Waals surface area contributed by atoms with E-state index in [1.54, 1.807) is 0 Å². The first-order chi connectivity index (χ1) is 9.30. The van der Waals surface area contributed by atoms with E-state index in [4.69, 9.17) is 10.3 Å². The summed E-state index contributed by atoms with van der Waals surface area (Å²) in [6.07, 6.45) is -1.53. The fourth-order valence-corrected chi connectivity index (χ4v) is 3.08. The maximum Gasteiger partial charge on any atom is 0.392 e. The number of nitrogen functional groups attached to an aromatic ring is 1. The van der Waals surface area contributed by atoms with Gasteiger partial charge in [-0.1, -0.05) is 31.8 Å². The van der Waals surface area contributed by atoms with E-state index in [0.717, 1.165) is 6.42 Å². The molecule has 1 aromatic heterocycles.